The van der Waals surface area contributed by atoms with Crippen molar-refractivity contribution in [3.63, 3.8) is 0 Å². The van der Waals surface area contributed by atoms with Gasteiger partial charge in [-0.2, -0.15) is 4.31 Å². The highest BCUT2D eigenvalue weighted by molar-refractivity contribution is 7.89. The van der Waals surface area contributed by atoms with Crippen LogP contribution in [0.25, 0.3) is 0 Å². The second-order valence-electron chi connectivity index (χ2n) is 8.22. The minimum atomic E-state index is -3.55. The number of sulfonamides is 1. The summed E-state index contributed by atoms with van der Waals surface area (Å²) in [5, 5.41) is 2.73. The zero-order valence-electron chi connectivity index (χ0n) is 17.9. The maximum atomic E-state index is 12.5. The van der Waals surface area contributed by atoms with Crippen LogP contribution in [0.1, 0.15) is 40.2 Å². The first-order valence-electron chi connectivity index (χ1n) is 9.53. The fourth-order valence-corrected chi connectivity index (χ4v) is 4.07. The van der Waals surface area contributed by atoms with Gasteiger partial charge in [0.05, 0.1) is 4.90 Å². The third-order valence-electron chi connectivity index (χ3n) is 4.60. The van der Waals surface area contributed by atoms with Crippen molar-refractivity contribution in [2.75, 3.05) is 19.0 Å². The lowest BCUT2D eigenvalue weighted by atomic mass is 9.86. The molecule has 0 aliphatic carbocycles. The van der Waals surface area contributed by atoms with Crippen LogP contribution < -0.4 is 10.1 Å². The van der Waals surface area contributed by atoms with Crippen LogP contribution in [-0.4, -0.2) is 38.3 Å². The van der Waals surface area contributed by atoms with Crippen LogP contribution in [0.4, 0.5) is 5.69 Å². The molecule has 2 aromatic rings. The molecule has 0 heterocycles. The maximum absolute atomic E-state index is 12.5. The molecule has 29 heavy (non-hydrogen) atoms. The molecule has 0 atom stereocenters. The molecule has 0 aliphatic heterocycles. The Kier molecular flexibility index (Phi) is 7.08. The van der Waals surface area contributed by atoms with Gasteiger partial charge in [0.1, 0.15) is 5.75 Å². The first kappa shape index (κ1) is 22.9. The van der Waals surface area contributed by atoms with Crippen LogP contribution >= 0.6 is 0 Å². The summed E-state index contributed by atoms with van der Waals surface area (Å²) in [7, 11) is -2.01. The molecule has 0 saturated heterocycles. The van der Waals surface area contributed by atoms with Crippen molar-refractivity contribution in [3.8, 4) is 5.75 Å². The Morgan fingerprint density at radius 2 is 1.66 bits per heavy atom. The summed E-state index contributed by atoms with van der Waals surface area (Å²) < 4.78 is 32.0. The minimum absolute atomic E-state index is 0.0997. The first-order valence-corrected chi connectivity index (χ1v) is 11.0. The Hall–Kier alpha value is -2.38. The predicted octanol–water partition coefficient (Wildman–Crippen LogP) is 4.03. The number of ether oxygens (including phenoxy) is 1. The SMILES string of the molecule is CC(C)N(C)S(=O)(=O)c1ccc(NC(=O)COc2ccccc2C(C)(C)C)cc1. The monoisotopic (exact) mass is 418 g/mol. The number of hydrogen-bond acceptors (Lipinski definition) is 4. The normalized spacial score (nSPS) is 12.3. The van der Waals surface area contributed by atoms with Crippen molar-refractivity contribution in [3.05, 3.63) is 54.1 Å². The smallest absolute Gasteiger partial charge is 0.262 e. The number of carbonyl (C=O) groups excluding carboxylic acids is 1. The van der Waals surface area contributed by atoms with Crippen molar-refractivity contribution in [1.29, 1.82) is 0 Å². The topological polar surface area (TPSA) is 75.7 Å². The van der Waals surface area contributed by atoms with Gasteiger partial charge in [0, 0.05) is 18.8 Å². The number of carbonyl (C=O) groups is 1. The number of anilines is 1. The van der Waals surface area contributed by atoms with E-state index in [1.165, 1.54) is 16.4 Å². The van der Waals surface area contributed by atoms with Crippen molar-refractivity contribution < 1.29 is 17.9 Å². The van der Waals surface area contributed by atoms with Gasteiger partial charge in [0.2, 0.25) is 10.0 Å². The van der Waals surface area contributed by atoms with E-state index in [0.717, 1.165) is 5.56 Å². The summed E-state index contributed by atoms with van der Waals surface area (Å²) in [6.45, 7) is 9.74. The molecule has 0 aromatic heterocycles. The quantitative estimate of drug-likeness (QED) is 0.737. The zero-order chi connectivity index (χ0) is 21.8. The Balaban J connectivity index is 2.02. The fourth-order valence-electron chi connectivity index (χ4n) is 2.71. The molecule has 0 saturated carbocycles. The molecular weight excluding hydrogens is 388 g/mol. The number of amides is 1. The lowest BCUT2D eigenvalue weighted by molar-refractivity contribution is -0.118. The van der Waals surface area contributed by atoms with Gasteiger partial charge in [-0.3, -0.25) is 4.79 Å². The predicted molar refractivity (Wildman–Crippen MR) is 116 cm³/mol. The van der Waals surface area contributed by atoms with Crippen molar-refractivity contribution in [2.45, 2.75) is 51.0 Å². The van der Waals surface area contributed by atoms with E-state index < -0.39 is 10.0 Å². The molecule has 7 heteroatoms. The standard InChI is InChI=1S/C22H30N2O4S/c1-16(2)24(6)29(26,27)18-13-11-17(12-14-18)23-21(25)15-28-20-10-8-7-9-19(20)22(3,4)5/h7-14,16H,15H2,1-6H3,(H,23,25). The highest BCUT2D eigenvalue weighted by Gasteiger charge is 2.23. The zero-order valence-corrected chi connectivity index (χ0v) is 18.7. The van der Waals surface area contributed by atoms with Crippen LogP contribution in [0.3, 0.4) is 0 Å². The number of nitrogens with one attached hydrogen (secondary N) is 1. The molecule has 0 unspecified atom stereocenters. The Morgan fingerprint density at radius 1 is 1.07 bits per heavy atom. The van der Waals surface area contributed by atoms with Gasteiger partial charge in [-0.05, 0) is 55.2 Å². The molecular formula is C22H30N2O4S. The fraction of sp³-hybridized carbons (Fsp3) is 0.409. The summed E-state index contributed by atoms with van der Waals surface area (Å²) in [5.74, 6) is 0.358. The number of rotatable bonds is 7. The highest BCUT2D eigenvalue weighted by Crippen LogP contribution is 2.30. The van der Waals surface area contributed by atoms with E-state index in [9.17, 15) is 13.2 Å². The number of nitrogens with zero attached hydrogens (tertiary/aromatic N) is 1. The minimum Gasteiger partial charge on any atom is -0.483 e. The second-order valence-corrected chi connectivity index (χ2v) is 10.2. The highest BCUT2D eigenvalue weighted by atomic mass is 32.2. The lowest BCUT2D eigenvalue weighted by Gasteiger charge is -2.22. The third kappa shape index (κ3) is 5.81. The van der Waals surface area contributed by atoms with E-state index in [0.29, 0.717) is 11.4 Å². The van der Waals surface area contributed by atoms with Gasteiger partial charge >= 0.3 is 0 Å². The van der Waals surface area contributed by atoms with Crippen molar-refractivity contribution in [1.82, 2.24) is 4.31 Å². The average Bonchev–Trinajstić information content (AvgIpc) is 2.65. The summed E-state index contributed by atoms with van der Waals surface area (Å²) in [4.78, 5) is 12.4. The molecule has 1 N–H and O–H groups in total. The first-order chi connectivity index (χ1) is 13.4. The summed E-state index contributed by atoms with van der Waals surface area (Å²) in [6, 6.07) is 13.6. The maximum Gasteiger partial charge on any atom is 0.262 e. The average molecular weight is 419 g/mol. The second kappa shape index (κ2) is 8.97. The van der Waals surface area contributed by atoms with Crippen LogP contribution in [0.2, 0.25) is 0 Å². The van der Waals surface area contributed by atoms with Gasteiger partial charge in [-0.15, -0.1) is 0 Å². The molecule has 0 radical (unpaired) electrons. The summed E-state index contributed by atoms with van der Waals surface area (Å²) >= 11 is 0. The molecule has 0 bridgehead atoms. The van der Waals surface area contributed by atoms with E-state index in [1.807, 2.05) is 38.1 Å². The van der Waals surface area contributed by atoms with Gasteiger partial charge < -0.3 is 10.1 Å². The van der Waals surface area contributed by atoms with Gasteiger partial charge in [-0.1, -0.05) is 39.0 Å². The summed E-state index contributed by atoms with van der Waals surface area (Å²) in [5.41, 5.74) is 1.43. The molecule has 2 rings (SSSR count). The Morgan fingerprint density at radius 3 is 2.21 bits per heavy atom. The number of hydrogen-bond donors (Lipinski definition) is 1. The van der Waals surface area contributed by atoms with Gasteiger partial charge in [0.25, 0.3) is 5.91 Å². The van der Waals surface area contributed by atoms with Crippen LogP contribution in [-0.2, 0) is 20.2 Å². The van der Waals surface area contributed by atoms with E-state index in [4.69, 9.17) is 4.74 Å². The molecule has 0 aliphatic rings. The van der Waals surface area contributed by atoms with Gasteiger partial charge in [0.15, 0.2) is 6.61 Å². The van der Waals surface area contributed by atoms with Gasteiger partial charge in [-0.25, -0.2) is 8.42 Å². The van der Waals surface area contributed by atoms with E-state index >= 15 is 0 Å². The third-order valence-corrected chi connectivity index (χ3v) is 6.64. The Bertz CT molecular complexity index is 946. The van der Waals surface area contributed by atoms with E-state index in [1.54, 1.807) is 19.2 Å². The van der Waals surface area contributed by atoms with E-state index in [2.05, 4.69) is 26.1 Å². The van der Waals surface area contributed by atoms with Crippen LogP contribution in [0.15, 0.2) is 53.4 Å². The largest absolute Gasteiger partial charge is 0.483 e. The number of para-hydroxylation sites is 1. The molecule has 1 amide bonds. The van der Waals surface area contributed by atoms with E-state index in [-0.39, 0.29) is 28.9 Å². The molecule has 2 aromatic carbocycles. The molecule has 0 spiro atoms. The van der Waals surface area contributed by atoms with Crippen molar-refractivity contribution in [2.24, 2.45) is 0 Å². The molecule has 0 fully saturated rings. The van der Waals surface area contributed by atoms with Crippen LogP contribution in [0, 0.1) is 0 Å². The Labute approximate surface area is 173 Å². The molecule has 158 valence electrons. The van der Waals surface area contributed by atoms with Crippen molar-refractivity contribution >= 4 is 21.6 Å². The molecule has 6 nitrogen and oxygen atoms in total. The van der Waals surface area contributed by atoms with Crippen LogP contribution in [0.5, 0.6) is 5.75 Å². The lowest BCUT2D eigenvalue weighted by Crippen LogP contribution is -2.33. The number of benzene rings is 2. The summed E-state index contributed by atoms with van der Waals surface area (Å²) in [6.07, 6.45) is 0.